The molecule has 2 aliphatic rings. The molecule has 0 radical (unpaired) electrons. The Morgan fingerprint density at radius 2 is 2.21 bits per heavy atom. The van der Waals surface area contributed by atoms with Crippen LogP contribution in [0.5, 0.6) is 0 Å². The first-order chi connectivity index (χ1) is 6.47. The molecule has 3 heteroatoms. The van der Waals surface area contributed by atoms with Crippen LogP contribution in [0.25, 0.3) is 0 Å². The quantitative estimate of drug-likeness (QED) is 0.665. The molecule has 80 valence electrons. The fraction of sp³-hybridized carbons (Fsp3) is 0.818. The van der Waals surface area contributed by atoms with E-state index < -0.39 is 8.32 Å². The average molecular weight is 211 g/mol. The monoisotopic (exact) mass is 211 g/mol. The van der Waals surface area contributed by atoms with Gasteiger partial charge in [0.25, 0.3) is 0 Å². The Morgan fingerprint density at radius 1 is 1.50 bits per heavy atom. The van der Waals surface area contributed by atoms with Gasteiger partial charge in [0.2, 0.25) is 0 Å². The summed E-state index contributed by atoms with van der Waals surface area (Å²) in [5, 5.41) is 0. The first-order valence-corrected chi connectivity index (χ1v) is 9.03. The fourth-order valence-corrected chi connectivity index (χ4v) is 3.57. The van der Waals surface area contributed by atoms with Gasteiger partial charge in [-0.25, -0.2) is 0 Å². The molecule has 0 bridgehead atoms. The Morgan fingerprint density at radius 3 is 2.64 bits per heavy atom. The van der Waals surface area contributed by atoms with Gasteiger partial charge in [-0.2, -0.15) is 0 Å². The number of nitrogens with zero attached hydrogens (tertiary/aromatic N) is 1. The number of rotatable bonds is 3. The molecule has 2 heterocycles. The van der Waals surface area contributed by atoms with E-state index in [-0.39, 0.29) is 0 Å². The standard InChI is InChI=1S/C11H21NOSi/c1-9(13-14(2,3)4)11-6-5-10-7-8-12(10)11/h6,9-10H,5,7-8H2,1-4H3/t9-,10?/m1/s1. The highest BCUT2D eigenvalue weighted by atomic mass is 28.4. The molecule has 2 aliphatic heterocycles. The second kappa shape index (κ2) is 3.38. The first kappa shape index (κ1) is 10.2. The topological polar surface area (TPSA) is 12.5 Å². The van der Waals surface area contributed by atoms with Gasteiger partial charge in [-0.3, -0.25) is 0 Å². The highest BCUT2D eigenvalue weighted by Crippen LogP contribution is 2.35. The minimum atomic E-state index is -1.38. The maximum absolute atomic E-state index is 6.10. The molecular formula is C11H21NOSi. The molecule has 0 aliphatic carbocycles. The van der Waals surface area contributed by atoms with Crippen molar-refractivity contribution in [1.82, 2.24) is 4.90 Å². The van der Waals surface area contributed by atoms with E-state index in [1.807, 2.05) is 0 Å². The summed E-state index contributed by atoms with van der Waals surface area (Å²) in [7, 11) is -1.38. The Labute approximate surface area is 88.1 Å². The summed E-state index contributed by atoms with van der Waals surface area (Å²) < 4.78 is 6.10. The predicted octanol–water partition coefficient (Wildman–Crippen LogP) is 2.59. The van der Waals surface area contributed by atoms with Gasteiger partial charge in [0.1, 0.15) is 0 Å². The smallest absolute Gasteiger partial charge is 0.184 e. The summed E-state index contributed by atoms with van der Waals surface area (Å²) in [6.45, 7) is 10.2. The molecule has 0 N–H and O–H groups in total. The second-order valence-electron chi connectivity index (χ2n) is 5.37. The van der Waals surface area contributed by atoms with Crippen molar-refractivity contribution < 1.29 is 4.43 Å². The normalized spacial score (nSPS) is 28.1. The summed E-state index contributed by atoms with van der Waals surface area (Å²) in [6, 6.07) is 0.817. The minimum Gasteiger partial charge on any atom is -0.410 e. The SMILES string of the molecule is C[C@@H](O[Si](C)(C)C)C1=CCC2CCN12. The molecule has 1 saturated heterocycles. The first-order valence-electron chi connectivity index (χ1n) is 5.62. The van der Waals surface area contributed by atoms with Crippen molar-refractivity contribution in [2.24, 2.45) is 0 Å². The van der Waals surface area contributed by atoms with Crippen LogP contribution in [0.4, 0.5) is 0 Å². The molecule has 2 atom stereocenters. The highest BCUT2D eigenvalue weighted by molar-refractivity contribution is 6.69. The molecule has 0 aromatic heterocycles. The van der Waals surface area contributed by atoms with Crippen LogP contribution in [0.15, 0.2) is 11.8 Å². The van der Waals surface area contributed by atoms with E-state index >= 15 is 0 Å². The fourth-order valence-electron chi connectivity index (χ4n) is 2.39. The molecule has 1 unspecified atom stereocenters. The van der Waals surface area contributed by atoms with Crippen LogP contribution >= 0.6 is 0 Å². The van der Waals surface area contributed by atoms with E-state index in [0.29, 0.717) is 6.10 Å². The van der Waals surface area contributed by atoms with Crippen molar-refractivity contribution in [3.63, 3.8) is 0 Å². The maximum atomic E-state index is 6.10. The Hall–Kier alpha value is -0.283. The molecule has 2 rings (SSSR count). The van der Waals surface area contributed by atoms with Gasteiger partial charge in [0.15, 0.2) is 8.32 Å². The molecule has 0 saturated carbocycles. The third kappa shape index (κ3) is 1.89. The van der Waals surface area contributed by atoms with Crippen LogP contribution in [-0.4, -0.2) is 31.9 Å². The summed E-state index contributed by atoms with van der Waals surface area (Å²) in [6.07, 6.45) is 5.31. The lowest BCUT2D eigenvalue weighted by Crippen LogP contribution is -2.46. The Bertz CT molecular complexity index is 257. The molecule has 14 heavy (non-hydrogen) atoms. The molecule has 2 nitrogen and oxygen atoms in total. The third-order valence-corrected chi connectivity index (χ3v) is 4.08. The summed E-state index contributed by atoms with van der Waals surface area (Å²) in [5.41, 5.74) is 1.45. The van der Waals surface area contributed by atoms with Gasteiger partial charge >= 0.3 is 0 Å². The van der Waals surface area contributed by atoms with Gasteiger partial charge in [0.05, 0.1) is 6.10 Å². The molecule has 0 aromatic carbocycles. The van der Waals surface area contributed by atoms with Crippen LogP contribution < -0.4 is 0 Å². The van der Waals surface area contributed by atoms with Crippen molar-refractivity contribution in [2.75, 3.05) is 6.54 Å². The van der Waals surface area contributed by atoms with E-state index in [9.17, 15) is 0 Å². The minimum absolute atomic E-state index is 0.312. The number of fused-ring (bicyclic) bond motifs is 1. The molecular weight excluding hydrogens is 190 g/mol. The van der Waals surface area contributed by atoms with Crippen LogP contribution in [0.3, 0.4) is 0 Å². The zero-order valence-electron chi connectivity index (χ0n) is 9.71. The van der Waals surface area contributed by atoms with Gasteiger partial charge in [-0.05, 0) is 39.4 Å². The van der Waals surface area contributed by atoms with E-state index in [0.717, 1.165) is 6.04 Å². The maximum Gasteiger partial charge on any atom is 0.184 e. The predicted molar refractivity (Wildman–Crippen MR) is 61.7 cm³/mol. The van der Waals surface area contributed by atoms with Gasteiger partial charge in [0, 0.05) is 18.3 Å². The van der Waals surface area contributed by atoms with E-state index in [2.05, 4.69) is 37.5 Å². The Kier molecular flexibility index (Phi) is 2.47. The number of hydrogen-bond donors (Lipinski definition) is 0. The largest absolute Gasteiger partial charge is 0.410 e. The lowest BCUT2D eigenvalue weighted by molar-refractivity contribution is 0.114. The van der Waals surface area contributed by atoms with Crippen LogP contribution in [0, 0.1) is 0 Å². The average Bonchev–Trinajstić information content (AvgIpc) is 2.22. The summed E-state index contributed by atoms with van der Waals surface area (Å²) >= 11 is 0. The molecule has 0 spiro atoms. The van der Waals surface area contributed by atoms with Gasteiger partial charge < -0.3 is 9.33 Å². The van der Waals surface area contributed by atoms with Crippen LogP contribution in [0.2, 0.25) is 19.6 Å². The van der Waals surface area contributed by atoms with Crippen LogP contribution in [0.1, 0.15) is 19.8 Å². The van der Waals surface area contributed by atoms with E-state index in [1.54, 1.807) is 0 Å². The third-order valence-electron chi connectivity index (χ3n) is 3.02. The zero-order valence-corrected chi connectivity index (χ0v) is 10.7. The second-order valence-corrected chi connectivity index (χ2v) is 9.83. The molecule has 0 amide bonds. The van der Waals surface area contributed by atoms with Gasteiger partial charge in [-0.1, -0.05) is 6.08 Å². The van der Waals surface area contributed by atoms with Crippen molar-refractivity contribution in [3.8, 4) is 0 Å². The molecule has 0 aromatic rings. The van der Waals surface area contributed by atoms with Crippen molar-refractivity contribution in [3.05, 3.63) is 11.8 Å². The van der Waals surface area contributed by atoms with E-state index in [4.69, 9.17) is 4.43 Å². The summed E-state index contributed by atoms with van der Waals surface area (Å²) in [5.74, 6) is 0. The zero-order chi connectivity index (χ0) is 10.3. The van der Waals surface area contributed by atoms with Crippen LogP contribution in [-0.2, 0) is 4.43 Å². The highest BCUT2D eigenvalue weighted by Gasteiger charge is 2.36. The van der Waals surface area contributed by atoms with E-state index in [1.165, 1.54) is 25.1 Å². The number of hydrogen-bond acceptors (Lipinski definition) is 2. The van der Waals surface area contributed by atoms with Crippen molar-refractivity contribution in [2.45, 2.75) is 51.6 Å². The summed E-state index contributed by atoms with van der Waals surface area (Å²) in [4.78, 5) is 2.52. The molecule has 1 fully saturated rings. The lowest BCUT2D eigenvalue weighted by atomic mass is 10.0. The van der Waals surface area contributed by atoms with Crippen molar-refractivity contribution in [1.29, 1.82) is 0 Å². The lowest BCUT2D eigenvalue weighted by Gasteiger charge is -2.42. The Balaban J connectivity index is 1.95. The van der Waals surface area contributed by atoms with Gasteiger partial charge in [-0.15, -0.1) is 0 Å². The van der Waals surface area contributed by atoms with Crippen molar-refractivity contribution >= 4 is 8.32 Å².